The second-order valence-electron chi connectivity index (χ2n) is 4.99. The van der Waals surface area contributed by atoms with E-state index in [1.54, 1.807) is 25.0 Å². The van der Waals surface area contributed by atoms with Crippen molar-refractivity contribution in [3.05, 3.63) is 12.1 Å². The van der Waals surface area contributed by atoms with E-state index in [0.717, 1.165) is 13.0 Å². The number of anilines is 1. The van der Waals surface area contributed by atoms with Gasteiger partial charge in [0.25, 0.3) is 0 Å². The van der Waals surface area contributed by atoms with Crippen LogP contribution >= 0.6 is 0 Å². The van der Waals surface area contributed by atoms with Crippen LogP contribution in [0.3, 0.4) is 0 Å². The predicted molar refractivity (Wildman–Crippen MR) is 80.2 cm³/mol. The smallest absolute Gasteiger partial charge is 0.184 e. The molecule has 0 saturated heterocycles. The monoisotopic (exact) mass is 291 g/mol. The summed E-state index contributed by atoms with van der Waals surface area (Å²) in [5, 5.41) is 11.9. The molecule has 1 atom stereocenters. The summed E-state index contributed by atoms with van der Waals surface area (Å²) in [6.07, 6.45) is 1.05. The third kappa shape index (κ3) is 3.07. The zero-order valence-electron chi connectivity index (χ0n) is 12.8. The van der Waals surface area contributed by atoms with Crippen LogP contribution in [-0.2, 0) is 6.54 Å². The van der Waals surface area contributed by atoms with E-state index in [1.807, 2.05) is 6.07 Å². The fraction of sp³-hybridized carbons (Fsp3) is 0.500. The van der Waals surface area contributed by atoms with Gasteiger partial charge in [-0.1, -0.05) is 20.3 Å². The predicted octanol–water partition coefficient (Wildman–Crippen LogP) is 1.99. The molecule has 1 aromatic carbocycles. The normalized spacial score (nSPS) is 12.2. The van der Waals surface area contributed by atoms with E-state index in [0.29, 0.717) is 34.5 Å². The van der Waals surface area contributed by atoms with Crippen molar-refractivity contribution in [3.8, 4) is 22.9 Å². The Balaban J connectivity index is 2.49. The van der Waals surface area contributed by atoms with Gasteiger partial charge in [0, 0.05) is 12.6 Å². The summed E-state index contributed by atoms with van der Waals surface area (Å²) < 4.78 is 12.3. The molecule has 2 aromatic rings. The molecule has 1 aromatic heterocycles. The zero-order valence-corrected chi connectivity index (χ0v) is 12.8. The van der Waals surface area contributed by atoms with Crippen LogP contribution in [0.5, 0.6) is 11.5 Å². The fourth-order valence-corrected chi connectivity index (χ4v) is 2.02. The Labute approximate surface area is 124 Å². The zero-order chi connectivity index (χ0) is 15.4. The molecule has 21 heavy (non-hydrogen) atoms. The SMILES string of the molecule is CCC(C)Cn1nnnc1-c1cc(OC)cc(OC)c1N. The Morgan fingerprint density at radius 1 is 1.29 bits per heavy atom. The van der Waals surface area contributed by atoms with E-state index in [-0.39, 0.29) is 0 Å². The lowest BCUT2D eigenvalue weighted by Gasteiger charge is -2.14. The van der Waals surface area contributed by atoms with Crippen LogP contribution in [0.4, 0.5) is 5.69 Å². The molecular formula is C14H21N5O2. The van der Waals surface area contributed by atoms with Crippen molar-refractivity contribution in [1.29, 1.82) is 0 Å². The Bertz CT molecular complexity index is 611. The molecule has 0 bridgehead atoms. The van der Waals surface area contributed by atoms with Crippen molar-refractivity contribution in [2.45, 2.75) is 26.8 Å². The first-order valence-electron chi connectivity index (χ1n) is 6.88. The number of benzene rings is 1. The van der Waals surface area contributed by atoms with Crippen molar-refractivity contribution >= 4 is 5.69 Å². The van der Waals surface area contributed by atoms with E-state index < -0.39 is 0 Å². The van der Waals surface area contributed by atoms with E-state index in [4.69, 9.17) is 15.2 Å². The molecule has 0 spiro atoms. The topological polar surface area (TPSA) is 88.1 Å². The van der Waals surface area contributed by atoms with Crippen molar-refractivity contribution in [3.63, 3.8) is 0 Å². The van der Waals surface area contributed by atoms with Crippen LogP contribution < -0.4 is 15.2 Å². The molecule has 7 nitrogen and oxygen atoms in total. The first-order chi connectivity index (χ1) is 10.1. The summed E-state index contributed by atoms with van der Waals surface area (Å²) >= 11 is 0. The standard InChI is InChI=1S/C14H21N5O2/c1-5-9(2)8-19-14(16-17-18-19)11-6-10(20-3)7-12(21-4)13(11)15/h6-7,9H,5,8,15H2,1-4H3. The van der Waals surface area contributed by atoms with E-state index in [1.165, 1.54) is 0 Å². The molecule has 0 aliphatic carbocycles. The van der Waals surface area contributed by atoms with Crippen molar-refractivity contribution in [1.82, 2.24) is 20.2 Å². The minimum atomic E-state index is 0.473. The number of nitrogens with zero attached hydrogens (tertiary/aromatic N) is 4. The lowest BCUT2D eigenvalue weighted by atomic mass is 10.1. The highest BCUT2D eigenvalue weighted by Crippen LogP contribution is 2.36. The molecule has 7 heteroatoms. The van der Waals surface area contributed by atoms with Gasteiger partial charge in [-0.05, 0) is 22.4 Å². The lowest BCUT2D eigenvalue weighted by Crippen LogP contribution is -2.11. The van der Waals surface area contributed by atoms with Crippen LogP contribution in [0.25, 0.3) is 11.4 Å². The van der Waals surface area contributed by atoms with E-state index in [9.17, 15) is 0 Å². The van der Waals surface area contributed by atoms with Gasteiger partial charge in [0.15, 0.2) is 5.82 Å². The van der Waals surface area contributed by atoms with Crippen LogP contribution in [0.2, 0.25) is 0 Å². The Morgan fingerprint density at radius 2 is 2.05 bits per heavy atom. The summed E-state index contributed by atoms with van der Waals surface area (Å²) in [5.41, 5.74) is 7.36. The largest absolute Gasteiger partial charge is 0.497 e. The number of tetrazole rings is 1. The fourth-order valence-electron chi connectivity index (χ4n) is 2.02. The Morgan fingerprint density at radius 3 is 2.67 bits per heavy atom. The molecule has 1 heterocycles. The molecule has 2 rings (SSSR count). The van der Waals surface area contributed by atoms with Gasteiger partial charge in [-0.25, -0.2) is 4.68 Å². The molecule has 1 unspecified atom stereocenters. The highest BCUT2D eigenvalue weighted by Gasteiger charge is 2.18. The molecule has 0 aliphatic heterocycles. The summed E-state index contributed by atoms with van der Waals surface area (Å²) in [6, 6.07) is 3.55. The second kappa shape index (κ2) is 6.43. The minimum Gasteiger partial charge on any atom is -0.497 e. The average Bonchev–Trinajstić information content (AvgIpc) is 2.95. The molecule has 114 valence electrons. The molecule has 0 radical (unpaired) electrons. The highest BCUT2D eigenvalue weighted by molar-refractivity contribution is 5.78. The molecule has 2 N–H and O–H groups in total. The number of ether oxygens (including phenoxy) is 2. The van der Waals surface area contributed by atoms with Crippen molar-refractivity contribution in [2.75, 3.05) is 20.0 Å². The first-order valence-corrected chi connectivity index (χ1v) is 6.88. The third-order valence-electron chi connectivity index (χ3n) is 3.53. The second-order valence-corrected chi connectivity index (χ2v) is 4.99. The number of aromatic nitrogens is 4. The number of hydrogen-bond donors (Lipinski definition) is 1. The van der Waals surface area contributed by atoms with Crippen LogP contribution in [0.1, 0.15) is 20.3 Å². The van der Waals surface area contributed by atoms with E-state index in [2.05, 4.69) is 29.4 Å². The number of methoxy groups -OCH3 is 2. The molecular weight excluding hydrogens is 270 g/mol. The van der Waals surface area contributed by atoms with Gasteiger partial charge >= 0.3 is 0 Å². The maximum Gasteiger partial charge on any atom is 0.184 e. The van der Waals surface area contributed by atoms with Gasteiger partial charge in [-0.2, -0.15) is 0 Å². The minimum absolute atomic E-state index is 0.473. The van der Waals surface area contributed by atoms with Crippen LogP contribution in [0.15, 0.2) is 12.1 Å². The summed E-state index contributed by atoms with van der Waals surface area (Å²) in [4.78, 5) is 0. The third-order valence-corrected chi connectivity index (χ3v) is 3.53. The Kier molecular flexibility index (Phi) is 4.62. The number of hydrogen-bond acceptors (Lipinski definition) is 6. The number of nitrogens with two attached hydrogens (primary N) is 1. The summed E-state index contributed by atoms with van der Waals surface area (Å²) in [7, 11) is 3.16. The van der Waals surface area contributed by atoms with Gasteiger partial charge in [0.05, 0.1) is 25.5 Å². The van der Waals surface area contributed by atoms with Gasteiger partial charge in [-0.15, -0.1) is 5.10 Å². The number of nitrogen functional groups attached to an aromatic ring is 1. The number of rotatable bonds is 6. The Hall–Kier alpha value is -2.31. The maximum absolute atomic E-state index is 6.15. The maximum atomic E-state index is 6.15. The van der Waals surface area contributed by atoms with Crippen LogP contribution in [0, 0.1) is 5.92 Å². The quantitative estimate of drug-likeness (QED) is 0.819. The van der Waals surface area contributed by atoms with Gasteiger partial charge in [-0.3, -0.25) is 0 Å². The molecule has 0 amide bonds. The molecule has 0 aliphatic rings. The molecule has 0 saturated carbocycles. The van der Waals surface area contributed by atoms with Crippen LogP contribution in [-0.4, -0.2) is 34.4 Å². The highest BCUT2D eigenvalue weighted by atomic mass is 16.5. The van der Waals surface area contributed by atoms with Gasteiger partial charge < -0.3 is 15.2 Å². The first kappa shape index (κ1) is 15.1. The van der Waals surface area contributed by atoms with E-state index >= 15 is 0 Å². The van der Waals surface area contributed by atoms with Crippen molar-refractivity contribution in [2.24, 2.45) is 5.92 Å². The van der Waals surface area contributed by atoms with Gasteiger partial charge in [0.1, 0.15) is 11.5 Å². The lowest BCUT2D eigenvalue weighted by molar-refractivity contribution is 0.395. The van der Waals surface area contributed by atoms with Crippen molar-refractivity contribution < 1.29 is 9.47 Å². The molecule has 0 fully saturated rings. The average molecular weight is 291 g/mol. The van der Waals surface area contributed by atoms with Gasteiger partial charge in [0.2, 0.25) is 0 Å². The summed E-state index contributed by atoms with van der Waals surface area (Å²) in [6.45, 7) is 5.02. The summed E-state index contributed by atoms with van der Waals surface area (Å²) in [5.74, 6) is 2.28.